The minimum atomic E-state index is -0.461. The van der Waals surface area contributed by atoms with Gasteiger partial charge >= 0.3 is 5.97 Å². The van der Waals surface area contributed by atoms with Gasteiger partial charge in [0.1, 0.15) is 0 Å². The number of rotatable bonds is 5. The lowest BCUT2D eigenvalue weighted by atomic mass is 9.86. The van der Waals surface area contributed by atoms with Gasteiger partial charge in [-0.05, 0) is 49.1 Å². The number of hydrogen-bond donors (Lipinski definition) is 1. The van der Waals surface area contributed by atoms with Crippen molar-refractivity contribution in [3.8, 4) is 0 Å². The molecule has 4 nitrogen and oxygen atoms in total. The fourth-order valence-corrected chi connectivity index (χ4v) is 4.44. The highest BCUT2D eigenvalue weighted by atomic mass is 35.5. The van der Waals surface area contributed by atoms with Gasteiger partial charge in [0.05, 0.1) is 20.8 Å². The Morgan fingerprint density at radius 3 is 2.50 bits per heavy atom. The van der Waals surface area contributed by atoms with Gasteiger partial charge in [0.2, 0.25) is 0 Å². The van der Waals surface area contributed by atoms with Crippen molar-refractivity contribution in [1.29, 1.82) is 0 Å². The van der Waals surface area contributed by atoms with Crippen LogP contribution in [0.2, 0.25) is 15.1 Å². The summed E-state index contributed by atoms with van der Waals surface area (Å²) in [6, 6.07) is 2.91. The molecule has 0 unspecified atom stereocenters. The van der Waals surface area contributed by atoms with Crippen LogP contribution in [0.15, 0.2) is 12.1 Å². The summed E-state index contributed by atoms with van der Waals surface area (Å²) in [5.74, 6) is 1.09. The van der Waals surface area contributed by atoms with Crippen LogP contribution in [0.25, 0.3) is 0 Å². The minimum absolute atomic E-state index is 0.269. The normalized spacial score (nSPS) is 24.9. The van der Waals surface area contributed by atoms with Crippen LogP contribution < -0.4 is 5.32 Å². The molecule has 2 saturated carbocycles. The van der Waals surface area contributed by atoms with E-state index in [4.69, 9.17) is 39.5 Å². The highest BCUT2D eigenvalue weighted by Crippen LogP contribution is 2.49. The van der Waals surface area contributed by atoms with Crippen LogP contribution in [0.5, 0.6) is 0 Å². The maximum absolute atomic E-state index is 11.9. The molecule has 1 aromatic carbocycles. The Morgan fingerprint density at radius 1 is 1.08 bits per heavy atom. The summed E-state index contributed by atoms with van der Waals surface area (Å²) in [5, 5.41) is 3.42. The smallest absolute Gasteiger partial charge is 0.306 e. The first-order chi connectivity index (χ1) is 11.4. The van der Waals surface area contributed by atoms with Gasteiger partial charge in [-0.25, -0.2) is 0 Å². The molecule has 0 aromatic heterocycles. The third-order valence-electron chi connectivity index (χ3n) is 4.96. The highest BCUT2D eigenvalue weighted by molar-refractivity contribution is 6.44. The van der Waals surface area contributed by atoms with Crippen molar-refractivity contribution in [2.24, 2.45) is 17.8 Å². The summed E-state index contributed by atoms with van der Waals surface area (Å²) < 4.78 is 5.09. The predicted octanol–water partition coefficient (Wildman–Crippen LogP) is 4.95. The van der Waals surface area contributed by atoms with Crippen molar-refractivity contribution in [3.05, 3.63) is 27.2 Å². The molecule has 0 saturated heterocycles. The van der Waals surface area contributed by atoms with Crippen molar-refractivity contribution in [2.45, 2.75) is 32.1 Å². The van der Waals surface area contributed by atoms with Gasteiger partial charge in [-0.2, -0.15) is 0 Å². The molecule has 2 aliphatic rings. The van der Waals surface area contributed by atoms with Crippen molar-refractivity contribution in [1.82, 2.24) is 0 Å². The Hall–Kier alpha value is -0.970. The van der Waals surface area contributed by atoms with E-state index in [0.29, 0.717) is 29.0 Å². The topological polar surface area (TPSA) is 55.4 Å². The number of fused-ring (bicyclic) bond motifs is 2. The summed E-state index contributed by atoms with van der Waals surface area (Å²) in [6.45, 7) is -0.337. The van der Waals surface area contributed by atoms with Crippen molar-refractivity contribution in [2.75, 3.05) is 11.9 Å². The standard InChI is InChI=1S/C17H18Cl3NO3/c18-12-6-14(20)15(7-13(12)19)21-16(22)8-24-17(23)5-11-4-9-1-2-10(11)3-9/h6-7,9-11H,1-5,8H2,(H,21,22)/t9-,10-,11+/m0/s1. The van der Waals surface area contributed by atoms with E-state index in [1.807, 2.05) is 0 Å². The summed E-state index contributed by atoms with van der Waals surface area (Å²) in [7, 11) is 0. The molecule has 0 radical (unpaired) electrons. The third-order valence-corrected chi connectivity index (χ3v) is 6.00. The van der Waals surface area contributed by atoms with Gasteiger partial charge in [0.15, 0.2) is 6.61 Å². The largest absolute Gasteiger partial charge is 0.456 e. The molecule has 7 heteroatoms. The van der Waals surface area contributed by atoms with Crippen LogP contribution in [-0.4, -0.2) is 18.5 Å². The fourth-order valence-electron chi connectivity index (χ4n) is 3.85. The molecule has 1 N–H and O–H groups in total. The van der Waals surface area contributed by atoms with Crippen molar-refractivity contribution < 1.29 is 14.3 Å². The molecule has 1 aromatic rings. The Labute approximate surface area is 155 Å². The third kappa shape index (κ3) is 4.16. The van der Waals surface area contributed by atoms with E-state index >= 15 is 0 Å². The van der Waals surface area contributed by atoms with Crippen LogP contribution >= 0.6 is 34.8 Å². The van der Waals surface area contributed by atoms with Crippen LogP contribution in [-0.2, 0) is 14.3 Å². The van der Waals surface area contributed by atoms with Gasteiger partial charge in [0.25, 0.3) is 5.91 Å². The number of amides is 1. The SMILES string of the molecule is O=C(COC(=O)C[C@H]1C[C@H]2CC[C@H]1C2)Nc1cc(Cl)c(Cl)cc1Cl. The zero-order chi connectivity index (χ0) is 17.3. The van der Waals surface area contributed by atoms with E-state index in [0.717, 1.165) is 12.3 Å². The Kier molecular flexibility index (Phi) is 5.58. The molecule has 3 atom stereocenters. The molecule has 2 fully saturated rings. The fraction of sp³-hybridized carbons (Fsp3) is 0.529. The van der Waals surface area contributed by atoms with Gasteiger partial charge in [-0.3, -0.25) is 9.59 Å². The van der Waals surface area contributed by atoms with E-state index in [1.54, 1.807) is 0 Å². The summed E-state index contributed by atoms with van der Waals surface area (Å²) in [4.78, 5) is 23.8. The number of anilines is 1. The molecule has 1 amide bonds. The van der Waals surface area contributed by atoms with E-state index in [9.17, 15) is 9.59 Å². The zero-order valence-electron chi connectivity index (χ0n) is 13.0. The maximum atomic E-state index is 11.9. The minimum Gasteiger partial charge on any atom is -0.456 e. The van der Waals surface area contributed by atoms with E-state index in [2.05, 4.69) is 5.32 Å². The number of carbonyl (C=O) groups is 2. The second kappa shape index (κ2) is 7.51. The molecule has 0 heterocycles. The average Bonchev–Trinajstić information content (AvgIpc) is 3.13. The first-order valence-electron chi connectivity index (χ1n) is 8.02. The number of carbonyl (C=O) groups excluding carboxylic acids is 2. The van der Waals surface area contributed by atoms with Crippen LogP contribution in [0, 0.1) is 17.8 Å². The summed E-state index contributed by atoms with van der Waals surface area (Å²) >= 11 is 17.7. The lowest BCUT2D eigenvalue weighted by Gasteiger charge is -2.20. The van der Waals surface area contributed by atoms with E-state index in [-0.39, 0.29) is 22.6 Å². The van der Waals surface area contributed by atoms with Gasteiger partial charge in [0, 0.05) is 6.42 Å². The lowest BCUT2D eigenvalue weighted by molar-refractivity contribution is -0.148. The molecule has 24 heavy (non-hydrogen) atoms. The average molecular weight is 391 g/mol. The second-order valence-corrected chi connectivity index (χ2v) is 7.82. The van der Waals surface area contributed by atoms with Crippen molar-refractivity contribution in [3.63, 3.8) is 0 Å². The Bertz CT molecular complexity index is 665. The molecular weight excluding hydrogens is 373 g/mol. The molecule has 0 aliphatic heterocycles. The van der Waals surface area contributed by atoms with Gasteiger partial charge < -0.3 is 10.1 Å². The number of esters is 1. The van der Waals surface area contributed by atoms with E-state index < -0.39 is 5.91 Å². The van der Waals surface area contributed by atoms with Crippen LogP contribution in [0.1, 0.15) is 32.1 Å². The molecule has 3 rings (SSSR count). The zero-order valence-corrected chi connectivity index (χ0v) is 15.3. The molecule has 0 spiro atoms. The maximum Gasteiger partial charge on any atom is 0.306 e. The first-order valence-corrected chi connectivity index (χ1v) is 9.15. The summed E-state index contributed by atoms with van der Waals surface area (Å²) in [5.41, 5.74) is 0.334. The number of nitrogens with one attached hydrogen (secondary N) is 1. The first kappa shape index (κ1) is 17.8. The summed E-state index contributed by atoms with van der Waals surface area (Å²) in [6.07, 6.45) is 5.28. The lowest BCUT2D eigenvalue weighted by Crippen LogP contribution is -2.23. The van der Waals surface area contributed by atoms with E-state index in [1.165, 1.54) is 31.4 Å². The monoisotopic (exact) mass is 389 g/mol. The van der Waals surface area contributed by atoms with Crippen LogP contribution in [0.4, 0.5) is 5.69 Å². The quantitative estimate of drug-likeness (QED) is 0.571. The number of benzene rings is 1. The number of ether oxygens (including phenoxy) is 1. The molecule has 2 bridgehead atoms. The van der Waals surface area contributed by atoms with Crippen molar-refractivity contribution >= 4 is 52.4 Å². The molecule has 2 aliphatic carbocycles. The Morgan fingerprint density at radius 2 is 1.83 bits per heavy atom. The van der Waals surface area contributed by atoms with Crippen LogP contribution in [0.3, 0.4) is 0 Å². The number of hydrogen-bond acceptors (Lipinski definition) is 3. The molecule has 130 valence electrons. The van der Waals surface area contributed by atoms with Gasteiger partial charge in [-0.15, -0.1) is 0 Å². The second-order valence-electron chi connectivity index (χ2n) is 6.59. The number of halogens is 3. The Balaban J connectivity index is 1.45. The van der Waals surface area contributed by atoms with Gasteiger partial charge in [-0.1, -0.05) is 41.2 Å². The predicted molar refractivity (Wildman–Crippen MR) is 94.6 cm³/mol. The highest BCUT2D eigenvalue weighted by Gasteiger charge is 2.40. The molecular formula is C17H18Cl3NO3.